The Bertz CT molecular complexity index is 500. The van der Waals surface area contributed by atoms with Crippen molar-refractivity contribution in [2.45, 2.75) is 39.9 Å². The van der Waals surface area contributed by atoms with Crippen LogP contribution in [-0.2, 0) is 13.1 Å². The average molecular weight is 243 g/mol. The van der Waals surface area contributed by atoms with Gasteiger partial charge in [0.2, 0.25) is 0 Å². The van der Waals surface area contributed by atoms with Crippen LogP contribution in [0.5, 0.6) is 0 Å². The zero-order chi connectivity index (χ0) is 13.0. The van der Waals surface area contributed by atoms with Gasteiger partial charge in [-0.15, -0.1) is 0 Å². The number of benzene rings is 1. The highest BCUT2D eigenvalue weighted by Gasteiger charge is 2.02. The molecule has 2 aromatic rings. The van der Waals surface area contributed by atoms with Gasteiger partial charge >= 0.3 is 0 Å². The summed E-state index contributed by atoms with van der Waals surface area (Å²) >= 11 is 0. The SMILES string of the molecule is Cc1ccccc1CNCc1ccn(C(C)C)n1. The molecule has 1 aromatic heterocycles. The lowest BCUT2D eigenvalue weighted by Gasteiger charge is -2.07. The van der Waals surface area contributed by atoms with Crippen LogP contribution in [0.15, 0.2) is 36.5 Å². The van der Waals surface area contributed by atoms with E-state index in [1.807, 2.05) is 10.9 Å². The first-order chi connectivity index (χ1) is 8.66. The lowest BCUT2D eigenvalue weighted by Crippen LogP contribution is -2.14. The Labute approximate surface area is 109 Å². The van der Waals surface area contributed by atoms with Gasteiger partial charge < -0.3 is 5.32 Å². The summed E-state index contributed by atoms with van der Waals surface area (Å²) in [5, 5.41) is 7.95. The molecule has 3 nitrogen and oxygen atoms in total. The van der Waals surface area contributed by atoms with E-state index in [1.54, 1.807) is 0 Å². The monoisotopic (exact) mass is 243 g/mol. The van der Waals surface area contributed by atoms with Crippen LogP contribution in [-0.4, -0.2) is 9.78 Å². The normalized spacial score (nSPS) is 11.1. The number of hydrogen-bond donors (Lipinski definition) is 1. The summed E-state index contributed by atoms with van der Waals surface area (Å²) in [4.78, 5) is 0. The van der Waals surface area contributed by atoms with Gasteiger partial charge in [-0.1, -0.05) is 24.3 Å². The maximum atomic E-state index is 4.52. The summed E-state index contributed by atoms with van der Waals surface area (Å²) in [6, 6.07) is 11.0. The number of nitrogens with one attached hydrogen (secondary N) is 1. The Morgan fingerprint density at radius 1 is 1.17 bits per heavy atom. The molecule has 0 saturated heterocycles. The first-order valence-corrected chi connectivity index (χ1v) is 6.46. The Kier molecular flexibility index (Phi) is 4.15. The maximum Gasteiger partial charge on any atom is 0.0762 e. The number of nitrogens with zero attached hydrogens (tertiary/aromatic N) is 2. The van der Waals surface area contributed by atoms with E-state index >= 15 is 0 Å². The summed E-state index contributed by atoms with van der Waals surface area (Å²) < 4.78 is 1.99. The summed E-state index contributed by atoms with van der Waals surface area (Å²) in [6.45, 7) is 8.12. The first-order valence-electron chi connectivity index (χ1n) is 6.46. The number of hydrogen-bond acceptors (Lipinski definition) is 2. The Morgan fingerprint density at radius 3 is 2.61 bits per heavy atom. The number of aryl methyl sites for hydroxylation is 1. The van der Waals surface area contributed by atoms with Gasteiger partial charge in [0, 0.05) is 25.3 Å². The van der Waals surface area contributed by atoms with E-state index in [1.165, 1.54) is 11.1 Å². The quantitative estimate of drug-likeness (QED) is 0.874. The fraction of sp³-hybridized carbons (Fsp3) is 0.400. The fourth-order valence-corrected chi connectivity index (χ4v) is 1.89. The van der Waals surface area contributed by atoms with Crippen molar-refractivity contribution in [3.63, 3.8) is 0 Å². The van der Waals surface area contributed by atoms with Crippen molar-refractivity contribution in [2.24, 2.45) is 0 Å². The molecule has 0 aliphatic carbocycles. The highest BCUT2D eigenvalue weighted by Crippen LogP contribution is 2.07. The van der Waals surface area contributed by atoms with E-state index < -0.39 is 0 Å². The lowest BCUT2D eigenvalue weighted by molar-refractivity contribution is 0.521. The van der Waals surface area contributed by atoms with E-state index in [-0.39, 0.29) is 0 Å². The van der Waals surface area contributed by atoms with E-state index in [2.05, 4.69) is 61.5 Å². The van der Waals surface area contributed by atoms with Crippen molar-refractivity contribution in [1.29, 1.82) is 0 Å². The second-order valence-corrected chi connectivity index (χ2v) is 4.91. The molecular formula is C15H21N3. The van der Waals surface area contributed by atoms with Crippen LogP contribution in [0.25, 0.3) is 0 Å². The molecule has 0 spiro atoms. The van der Waals surface area contributed by atoms with Gasteiger partial charge in [-0.05, 0) is 38.0 Å². The van der Waals surface area contributed by atoms with Crippen LogP contribution >= 0.6 is 0 Å². The predicted molar refractivity (Wildman–Crippen MR) is 74.3 cm³/mol. The Morgan fingerprint density at radius 2 is 1.94 bits per heavy atom. The summed E-state index contributed by atoms with van der Waals surface area (Å²) in [6.07, 6.45) is 2.04. The smallest absolute Gasteiger partial charge is 0.0762 e. The van der Waals surface area contributed by atoms with E-state index in [0.717, 1.165) is 18.8 Å². The fourth-order valence-electron chi connectivity index (χ4n) is 1.89. The highest BCUT2D eigenvalue weighted by atomic mass is 15.3. The van der Waals surface area contributed by atoms with Crippen LogP contribution in [0.1, 0.15) is 36.7 Å². The second kappa shape index (κ2) is 5.83. The molecule has 2 rings (SSSR count). The highest BCUT2D eigenvalue weighted by molar-refractivity contribution is 5.25. The molecule has 0 bridgehead atoms. The first kappa shape index (κ1) is 12.8. The third-order valence-electron chi connectivity index (χ3n) is 3.08. The van der Waals surface area contributed by atoms with Gasteiger partial charge in [0.05, 0.1) is 5.69 Å². The molecule has 0 aliphatic rings. The minimum Gasteiger partial charge on any atom is -0.307 e. The van der Waals surface area contributed by atoms with Crippen molar-refractivity contribution in [1.82, 2.24) is 15.1 Å². The molecule has 96 valence electrons. The minimum atomic E-state index is 0.426. The molecule has 0 unspecified atom stereocenters. The van der Waals surface area contributed by atoms with Crippen molar-refractivity contribution in [2.75, 3.05) is 0 Å². The number of rotatable bonds is 5. The summed E-state index contributed by atoms with van der Waals surface area (Å²) in [5.41, 5.74) is 3.77. The molecule has 0 saturated carbocycles. The van der Waals surface area contributed by atoms with E-state index in [4.69, 9.17) is 0 Å². The molecule has 0 radical (unpaired) electrons. The second-order valence-electron chi connectivity index (χ2n) is 4.91. The average Bonchev–Trinajstić information content (AvgIpc) is 2.80. The van der Waals surface area contributed by atoms with Crippen molar-refractivity contribution < 1.29 is 0 Å². The molecule has 0 atom stereocenters. The van der Waals surface area contributed by atoms with Crippen LogP contribution in [0, 0.1) is 6.92 Å². The number of aromatic nitrogens is 2. The van der Waals surface area contributed by atoms with E-state index in [0.29, 0.717) is 6.04 Å². The Hall–Kier alpha value is -1.61. The topological polar surface area (TPSA) is 29.9 Å². The lowest BCUT2D eigenvalue weighted by atomic mass is 10.1. The third kappa shape index (κ3) is 3.20. The molecule has 0 amide bonds. The summed E-state index contributed by atoms with van der Waals surface area (Å²) in [5.74, 6) is 0. The molecule has 18 heavy (non-hydrogen) atoms. The molecule has 1 heterocycles. The molecular weight excluding hydrogens is 222 g/mol. The Balaban J connectivity index is 1.87. The zero-order valence-electron chi connectivity index (χ0n) is 11.4. The summed E-state index contributed by atoms with van der Waals surface area (Å²) in [7, 11) is 0. The third-order valence-corrected chi connectivity index (χ3v) is 3.08. The molecule has 1 aromatic carbocycles. The van der Waals surface area contributed by atoms with Gasteiger partial charge in [-0.3, -0.25) is 4.68 Å². The molecule has 3 heteroatoms. The minimum absolute atomic E-state index is 0.426. The van der Waals surface area contributed by atoms with Crippen LogP contribution in [0.4, 0.5) is 0 Å². The molecule has 1 N–H and O–H groups in total. The van der Waals surface area contributed by atoms with Crippen LogP contribution < -0.4 is 5.32 Å². The van der Waals surface area contributed by atoms with Gasteiger partial charge in [0.1, 0.15) is 0 Å². The van der Waals surface area contributed by atoms with Crippen molar-refractivity contribution in [3.8, 4) is 0 Å². The van der Waals surface area contributed by atoms with Crippen LogP contribution in [0.2, 0.25) is 0 Å². The zero-order valence-corrected chi connectivity index (χ0v) is 11.4. The molecule has 0 aliphatic heterocycles. The van der Waals surface area contributed by atoms with Crippen molar-refractivity contribution in [3.05, 3.63) is 53.3 Å². The van der Waals surface area contributed by atoms with Gasteiger partial charge in [0.25, 0.3) is 0 Å². The van der Waals surface area contributed by atoms with Gasteiger partial charge in [0.15, 0.2) is 0 Å². The predicted octanol–water partition coefficient (Wildman–Crippen LogP) is 3.06. The standard InChI is InChI=1S/C15H21N3/c1-12(2)18-9-8-15(17-18)11-16-10-14-7-5-4-6-13(14)3/h4-9,12,16H,10-11H2,1-3H3. The van der Waals surface area contributed by atoms with Gasteiger partial charge in [-0.25, -0.2) is 0 Å². The van der Waals surface area contributed by atoms with Crippen molar-refractivity contribution >= 4 is 0 Å². The maximum absolute atomic E-state index is 4.52. The largest absolute Gasteiger partial charge is 0.307 e. The van der Waals surface area contributed by atoms with Crippen LogP contribution in [0.3, 0.4) is 0 Å². The van der Waals surface area contributed by atoms with Gasteiger partial charge in [-0.2, -0.15) is 5.10 Å². The molecule has 0 fully saturated rings. The van der Waals surface area contributed by atoms with E-state index in [9.17, 15) is 0 Å².